The van der Waals surface area contributed by atoms with Crippen LogP contribution >= 0.6 is 0 Å². The Labute approximate surface area is 155 Å². The van der Waals surface area contributed by atoms with Crippen LogP contribution in [0.3, 0.4) is 0 Å². The molecule has 26 heavy (non-hydrogen) atoms. The molecule has 2 aromatic carbocycles. The quantitative estimate of drug-likeness (QED) is 0.753. The molecule has 0 radical (unpaired) electrons. The van der Waals surface area contributed by atoms with Gasteiger partial charge in [-0.15, -0.1) is 0 Å². The molecule has 1 atom stereocenters. The maximum Gasteiger partial charge on any atom is 0.253 e. The molecule has 5 heteroatoms. The van der Waals surface area contributed by atoms with Crippen LogP contribution in [0.1, 0.15) is 34.1 Å². The summed E-state index contributed by atoms with van der Waals surface area (Å²) in [6.07, 6.45) is 0.507. The normalized spacial score (nSPS) is 11.6. The number of nitrogens with one attached hydrogen (secondary N) is 1. The molecule has 1 N–H and O–H groups in total. The highest BCUT2D eigenvalue weighted by Gasteiger charge is 2.17. The Bertz CT molecular complexity index is 689. The van der Waals surface area contributed by atoms with E-state index in [0.717, 1.165) is 0 Å². The Balaban J connectivity index is 1.84. The molecule has 0 saturated carbocycles. The summed E-state index contributed by atoms with van der Waals surface area (Å²) >= 11 is 0. The zero-order valence-electron chi connectivity index (χ0n) is 15.4. The summed E-state index contributed by atoms with van der Waals surface area (Å²) in [5.74, 6) is -0.141. The van der Waals surface area contributed by atoms with Crippen molar-refractivity contribution in [1.29, 1.82) is 0 Å². The van der Waals surface area contributed by atoms with Crippen LogP contribution < -0.4 is 5.32 Å². The summed E-state index contributed by atoms with van der Waals surface area (Å²) in [7, 11) is 1.77. The predicted octanol–water partition coefficient (Wildman–Crippen LogP) is 2.98. The molecule has 0 fully saturated rings. The van der Waals surface area contributed by atoms with Crippen LogP contribution in [-0.2, 0) is 4.74 Å². The summed E-state index contributed by atoms with van der Waals surface area (Å²) in [5.41, 5.74) is 1.29. The van der Waals surface area contributed by atoms with Gasteiger partial charge in [0.1, 0.15) is 0 Å². The van der Waals surface area contributed by atoms with Crippen molar-refractivity contribution in [1.82, 2.24) is 10.2 Å². The molecule has 0 aliphatic carbocycles. The van der Waals surface area contributed by atoms with Crippen molar-refractivity contribution in [3.05, 3.63) is 71.8 Å². The molecule has 0 aromatic heterocycles. The van der Waals surface area contributed by atoms with Gasteiger partial charge in [-0.2, -0.15) is 0 Å². The SMILES string of the molecule is CCOC(CCNC(=O)c1ccccc1)CN(C)C(=O)c1ccccc1. The summed E-state index contributed by atoms with van der Waals surface area (Å²) in [5, 5.41) is 2.90. The van der Waals surface area contributed by atoms with E-state index in [2.05, 4.69) is 5.32 Å². The lowest BCUT2D eigenvalue weighted by Crippen LogP contribution is -2.37. The number of nitrogens with zero attached hydrogens (tertiary/aromatic N) is 1. The Morgan fingerprint density at radius 1 is 1.00 bits per heavy atom. The van der Waals surface area contributed by atoms with Crippen molar-refractivity contribution in [3.8, 4) is 0 Å². The third-order valence-electron chi connectivity index (χ3n) is 4.04. The van der Waals surface area contributed by atoms with Crippen LogP contribution in [0.5, 0.6) is 0 Å². The second kappa shape index (κ2) is 10.4. The molecule has 138 valence electrons. The lowest BCUT2D eigenvalue weighted by Gasteiger charge is -2.24. The van der Waals surface area contributed by atoms with Crippen molar-refractivity contribution < 1.29 is 14.3 Å². The maximum atomic E-state index is 12.5. The predicted molar refractivity (Wildman–Crippen MR) is 102 cm³/mol. The fourth-order valence-electron chi connectivity index (χ4n) is 2.69. The van der Waals surface area contributed by atoms with E-state index in [1.807, 2.05) is 43.3 Å². The smallest absolute Gasteiger partial charge is 0.253 e. The first kappa shape index (κ1) is 19.7. The minimum atomic E-state index is -0.131. The number of rotatable bonds is 9. The van der Waals surface area contributed by atoms with E-state index in [1.165, 1.54) is 0 Å². The number of carbonyl (C=O) groups excluding carboxylic acids is 2. The first-order valence-corrected chi connectivity index (χ1v) is 8.87. The van der Waals surface area contributed by atoms with Crippen LogP contribution in [0.25, 0.3) is 0 Å². The molecule has 0 aliphatic heterocycles. The molecular formula is C21H26N2O3. The van der Waals surface area contributed by atoms with Crippen LogP contribution in [0, 0.1) is 0 Å². The van der Waals surface area contributed by atoms with E-state index in [-0.39, 0.29) is 17.9 Å². The van der Waals surface area contributed by atoms with Gasteiger partial charge in [0, 0.05) is 37.9 Å². The average Bonchev–Trinajstić information content (AvgIpc) is 2.68. The first-order chi connectivity index (χ1) is 12.6. The Morgan fingerprint density at radius 3 is 2.15 bits per heavy atom. The highest BCUT2D eigenvalue weighted by atomic mass is 16.5. The molecule has 0 bridgehead atoms. The molecule has 0 aliphatic rings. The zero-order chi connectivity index (χ0) is 18.8. The summed E-state index contributed by atoms with van der Waals surface area (Å²) in [6.45, 7) is 3.45. The molecular weight excluding hydrogens is 328 g/mol. The minimum Gasteiger partial charge on any atom is -0.377 e. The van der Waals surface area contributed by atoms with Crippen molar-refractivity contribution in [2.24, 2.45) is 0 Å². The summed E-state index contributed by atoms with van der Waals surface area (Å²) in [6, 6.07) is 18.3. The van der Waals surface area contributed by atoms with Crippen LogP contribution in [-0.4, -0.2) is 49.6 Å². The van der Waals surface area contributed by atoms with Gasteiger partial charge >= 0.3 is 0 Å². The van der Waals surface area contributed by atoms with E-state index < -0.39 is 0 Å². The third-order valence-corrected chi connectivity index (χ3v) is 4.04. The fraction of sp³-hybridized carbons (Fsp3) is 0.333. The van der Waals surface area contributed by atoms with E-state index in [9.17, 15) is 9.59 Å². The zero-order valence-corrected chi connectivity index (χ0v) is 15.4. The molecule has 5 nitrogen and oxygen atoms in total. The lowest BCUT2D eigenvalue weighted by atomic mass is 10.1. The second-order valence-electron chi connectivity index (χ2n) is 6.04. The van der Waals surface area contributed by atoms with Crippen molar-refractivity contribution in [2.45, 2.75) is 19.4 Å². The van der Waals surface area contributed by atoms with Gasteiger partial charge in [0.2, 0.25) is 0 Å². The van der Waals surface area contributed by atoms with E-state index in [0.29, 0.717) is 37.2 Å². The highest BCUT2D eigenvalue weighted by molar-refractivity contribution is 5.94. The number of benzene rings is 2. The van der Waals surface area contributed by atoms with Gasteiger partial charge in [-0.1, -0.05) is 36.4 Å². The van der Waals surface area contributed by atoms with Crippen LogP contribution in [0.2, 0.25) is 0 Å². The summed E-state index contributed by atoms with van der Waals surface area (Å²) < 4.78 is 5.74. The van der Waals surface area contributed by atoms with Gasteiger partial charge in [0.25, 0.3) is 11.8 Å². The van der Waals surface area contributed by atoms with Crippen molar-refractivity contribution in [2.75, 3.05) is 26.7 Å². The van der Waals surface area contributed by atoms with E-state index >= 15 is 0 Å². The number of likely N-dealkylation sites (N-methyl/N-ethyl adjacent to an activating group) is 1. The van der Waals surface area contributed by atoms with Gasteiger partial charge in [-0.25, -0.2) is 0 Å². The van der Waals surface area contributed by atoms with Gasteiger partial charge in [-0.05, 0) is 37.6 Å². The van der Waals surface area contributed by atoms with E-state index in [1.54, 1.807) is 36.2 Å². The number of hydrogen-bond donors (Lipinski definition) is 1. The third kappa shape index (κ3) is 6.01. The monoisotopic (exact) mass is 354 g/mol. The Morgan fingerprint density at radius 2 is 1.58 bits per heavy atom. The number of hydrogen-bond acceptors (Lipinski definition) is 3. The first-order valence-electron chi connectivity index (χ1n) is 8.87. The molecule has 0 heterocycles. The number of carbonyl (C=O) groups is 2. The molecule has 2 rings (SSSR count). The molecule has 0 spiro atoms. The maximum absolute atomic E-state index is 12.5. The van der Waals surface area contributed by atoms with Gasteiger partial charge in [0.15, 0.2) is 0 Å². The Hall–Kier alpha value is -2.66. The molecule has 0 saturated heterocycles. The second-order valence-corrected chi connectivity index (χ2v) is 6.04. The lowest BCUT2D eigenvalue weighted by molar-refractivity contribution is 0.0305. The van der Waals surface area contributed by atoms with Crippen molar-refractivity contribution in [3.63, 3.8) is 0 Å². The van der Waals surface area contributed by atoms with Crippen molar-refractivity contribution >= 4 is 11.8 Å². The highest BCUT2D eigenvalue weighted by Crippen LogP contribution is 2.07. The fourth-order valence-corrected chi connectivity index (χ4v) is 2.69. The molecule has 2 amide bonds. The minimum absolute atomic E-state index is 0.0383. The van der Waals surface area contributed by atoms with Gasteiger partial charge < -0.3 is 15.0 Å². The van der Waals surface area contributed by atoms with Gasteiger partial charge in [0.05, 0.1) is 6.10 Å². The largest absolute Gasteiger partial charge is 0.377 e. The van der Waals surface area contributed by atoms with E-state index in [4.69, 9.17) is 4.74 Å². The van der Waals surface area contributed by atoms with Crippen LogP contribution in [0.4, 0.5) is 0 Å². The Kier molecular flexibility index (Phi) is 7.83. The molecule has 2 aromatic rings. The summed E-state index contributed by atoms with van der Waals surface area (Å²) in [4.78, 5) is 26.2. The topological polar surface area (TPSA) is 58.6 Å². The average molecular weight is 354 g/mol. The standard InChI is InChI=1S/C21H26N2O3/c1-3-26-19(14-15-22-20(24)17-10-6-4-7-11-17)16-23(2)21(25)18-12-8-5-9-13-18/h4-13,19H,3,14-16H2,1-2H3,(H,22,24). The number of amides is 2. The van der Waals surface area contributed by atoms with Crippen LogP contribution in [0.15, 0.2) is 60.7 Å². The van der Waals surface area contributed by atoms with Gasteiger partial charge in [-0.3, -0.25) is 9.59 Å². The number of ether oxygens (including phenoxy) is 1. The molecule has 1 unspecified atom stereocenters.